The second kappa shape index (κ2) is 8.80. The van der Waals surface area contributed by atoms with Crippen molar-refractivity contribution < 1.29 is 13.2 Å². The van der Waals surface area contributed by atoms with Crippen molar-refractivity contribution in [1.82, 2.24) is 10.0 Å². The largest absolute Gasteiger partial charge is 0.492 e. The highest BCUT2D eigenvalue weighted by Crippen LogP contribution is 2.31. The molecule has 2 rings (SSSR count). The van der Waals surface area contributed by atoms with Crippen LogP contribution in [-0.4, -0.2) is 32.1 Å². The second-order valence-corrected chi connectivity index (χ2v) is 11.3. The Kier molecular flexibility index (Phi) is 7.39. The van der Waals surface area contributed by atoms with Crippen molar-refractivity contribution in [2.75, 3.05) is 6.61 Å². The van der Waals surface area contributed by atoms with E-state index in [1.54, 1.807) is 18.2 Å². The van der Waals surface area contributed by atoms with Gasteiger partial charge in [0.05, 0.1) is 16.0 Å². The van der Waals surface area contributed by atoms with Gasteiger partial charge < -0.3 is 10.1 Å². The van der Waals surface area contributed by atoms with E-state index in [1.807, 2.05) is 0 Å². The number of benzene rings is 1. The molecule has 0 atom stereocenters. The Morgan fingerprint density at radius 1 is 1.19 bits per heavy atom. The van der Waals surface area contributed by atoms with Crippen LogP contribution in [0.25, 0.3) is 0 Å². The fourth-order valence-corrected chi connectivity index (χ4v) is 5.60. The van der Waals surface area contributed by atoms with Gasteiger partial charge in [-0.15, -0.1) is 0 Å². The van der Waals surface area contributed by atoms with Gasteiger partial charge in [-0.3, -0.25) is 0 Å². The van der Waals surface area contributed by atoms with Gasteiger partial charge in [0.1, 0.15) is 5.75 Å². The highest BCUT2D eigenvalue weighted by molar-refractivity contribution is 9.10. The first-order valence-corrected chi connectivity index (χ1v) is 12.0. The Labute approximate surface area is 172 Å². The van der Waals surface area contributed by atoms with Crippen LogP contribution < -0.4 is 14.8 Å². The highest BCUT2D eigenvalue weighted by atomic mass is 79.9. The van der Waals surface area contributed by atoms with Crippen molar-refractivity contribution in [3.8, 4) is 5.75 Å². The molecule has 7 heteroatoms. The zero-order chi connectivity index (χ0) is 20.3. The van der Waals surface area contributed by atoms with Gasteiger partial charge in [-0.2, -0.15) is 0 Å². The Balaban J connectivity index is 2.14. The summed E-state index contributed by atoms with van der Waals surface area (Å²) < 4.78 is 35.4. The monoisotopic (exact) mass is 460 g/mol. The van der Waals surface area contributed by atoms with E-state index in [-0.39, 0.29) is 22.0 Å². The third-order valence-electron chi connectivity index (χ3n) is 4.73. The van der Waals surface area contributed by atoms with Gasteiger partial charge in [-0.25, -0.2) is 13.1 Å². The van der Waals surface area contributed by atoms with Gasteiger partial charge in [0.25, 0.3) is 0 Å². The number of nitrogens with one attached hydrogen (secondary N) is 2. The zero-order valence-corrected chi connectivity index (χ0v) is 19.5. The maximum atomic E-state index is 13.0. The molecule has 0 spiro atoms. The molecule has 0 unspecified atom stereocenters. The zero-order valence-electron chi connectivity index (χ0n) is 17.1. The summed E-state index contributed by atoms with van der Waals surface area (Å²) >= 11 is 3.45. The molecule has 1 aliphatic rings. The summed E-state index contributed by atoms with van der Waals surface area (Å²) in [5.74, 6) is 0.569. The lowest BCUT2D eigenvalue weighted by molar-refractivity contribution is 0.157. The van der Waals surface area contributed by atoms with E-state index in [4.69, 9.17) is 4.74 Å². The normalized spacial score (nSPS) is 19.8. The van der Waals surface area contributed by atoms with Crippen LogP contribution in [0.15, 0.2) is 27.6 Å². The Hall–Kier alpha value is -0.630. The van der Waals surface area contributed by atoms with E-state index in [0.717, 1.165) is 36.6 Å². The molecule has 0 amide bonds. The minimum absolute atomic E-state index is 0.112. The molecular formula is C20H33BrN2O3S. The lowest BCUT2D eigenvalue weighted by atomic mass is 9.80. The van der Waals surface area contributed by atoms with E-state index >= 15 is 0 Å². The first kappa shape index (κ1) is 22.7. The van der Waals surface area contributed by atoms with Crippen molar-refractivity contribution in [3.63, 3.8) is 0 Å². The third-order valence-corrected chi connectivity index (χ3v) is 6.90. The fourth-order valence-electron chi connectivity index (χ4n) is 3.99. The Bertz CT molecular complexity index is 732. The minimum atomic E-state index is -3.61. The van der Waals surface area contributed by atoms with Crippen LogP contribution in [0.2, 0.25) is 0 Å². The smallest absolute Gasteiger partial charge is 0.240 e. The van der Waals surface area contributed by atoms with Crippen molar-refractivity contribution in [2.24, 2.45) is 0 Å². The summed E-state index contributed by atoms with van der Waals surface area (Å²) in [4.78, 5) is 0.241. The van der Waals surface area contributed by atoms with Gasteiger partial charge in [0.2, 0.25) is 10.0 Å². The minimum Gasteiger partial charge on any atom is -0.492 e. The summed E-state index contributed by atoms with van der Waals surface area (Å²) in [5, 5.41) is 3.58. The summed E-state index contributed by atoms with van der Waals surface area (Å²) in [6, 6.07) is 4.84. The number of piperidine rings is 1. The number of rotatable bonds is 8. The van der Waals surface area contributed by atoms with Crippen LogP contribution in [0.5, 0.6) is 5.75 Å². The molecule has 1 heterocycles. The number of hydrogen-bond acceptors (Lipinski definition) is 4. The maximum Gasteiger partial charge on any atom is 0.240 e. The van der Waals surface area contributed by atoms with Crippen LogP contribution in [0.1, 0.15) is 66.7 Å². The molecular weight excluding hydrogens is 428 g/mol. The van der Waals surface area contributed by atoms with Crippen molar-refractivity contribution in [3.05, 3.63) is 22.7 Å². The third kappa shape index (κ3) is 6.73. The topological polar surface area (TPSA) is 67.4 Å². The first-order chi connectivity index (χ1) is 12.4. The SMILES string of the molecule is CCCCCOc1cc(S(=O)(=O)NC2CC(C)(C)NC(C)(C)C2)ccc1Br. The Morgan fingerprint density at radius 3 is 2.41 bits per heavy atom. The molecule has 5 nitrogen and oxygen atoms in total. The van der Waals surface area contributed by atoms with E-state index < -0.39 is 10.0 Å². The molecule has 0 saturated carbocycles. The number of hydrogen-bond donors (Lipinski definition) is 2. The molecule has 0 radical (unpaired) electrons. The van der Waals surface area contributed by atoms with Crippen LogP contribution in [-0.2, 0) is 10.0 Å². The number of unbranched alkanes of at least 4 members (excludes halogenated alkanes) is 2. The van der Waals surface area contributed by atoms with Gasteiger partial charge in [-0.1, -0.05) is 19.8 Å². The van der Waals surface area contributed by atoms with E-state index in [0.29, 0.717) is 12.4 Å². The van der Waals surface area contributed by atoms with Gasteiger partial charge in [0.15, 0.2) is 0 Å². The van der Waals surface area contributed by atoms with Crippen LogP contribution in [0.3, 0.4) is 0 Å². The predicted molar refractivity (Wildman–Crippen MR) is 114 cm³/mol. The predicted octanol–water partition coefficient (Wildman–Crippen LogP) is 4.61. The average Bonchev–Trinajstić information content (AvgIpc) is 2.49. The fraction of sp³-hybridized carbons (Fsp3) is 0.700. The number of sulfonamides is 1. The molecule has 1 aromatic carbocycles. The van der Waals surface area contributed by atoms with Gasteiger partial charge >= 0.3 is 0 Å². The Morgan fingerprint density at radius 2 is 1.81 bits per heavy atom. The van der Waals surface area contributed by atoms with Gasteiger partial charge in [-0.05, 0) is 75.0 Å². The second-order valence-electron chi connectivity index (χ2n) is 8.77. The molecule has 0 aromatic heterocycles. The molecule has 1 fully saturated rings. The van der Waals surface area contributed by atoms with Crippen LogP contribution in [0.4, 0.5) is 0 Å². The molecule has 2 N–H and O–H groups in total. The average molecular weight is 461 g/mol. The molecule has 27 heavy (non-hydrogen) atoms. The molecule has 1 aliphatic heterocycles. The molecule has 154 valence electrons. The summed E-state index contributed by atoms with van der Waals surface area (Å²) in [6.45, 7) is 11.2. The molecule has 1 saturated heterocycles. The van der Waals surface area contributed by atoms with Crippen molar-refractivity contribution in [2.45, 2.75) is 88.7 Å². The highest BCUT2D eigenvalue weighted by Gasteiger charge is 2.39. The molecule has 1 aromatic rings. The lowest BCUT2D eigenvalue weighted by Crippen LogP contribution is -2.62. The van der Waals surface area contributed by atoms with E-state index in [1.165, 1.54) is 0 Å². The summed E-state index contributed by atoms with van der Waals surface area (Å²) in [5.41, 5.74) is -0.246. The van der Waals surface area contributed by atoms with Crippen molar-refractivity contribution >= 4 is 26.0 Å². The molecule has 0 aliphatic carbocycles. The summed E-state index contributed by atoms with van der Waals surface area (Å²) in [7, 11) is -3.61. The summed E-state index contributed by atoms with van der Waals surface area (Å²) in [6.07, 6.45) is 4.65. The van der Waals surface area contributed by atoms with E-state index in [2.05, 4.69) is 60.6 Å². The van der Waals surface area contributed by atoms with Crippen LogP contribution in [0, 0.1) is 0 Å². The quantitative estimate of drug-likeness (QED) is 0.555. The van der Waals surface area contributed by atoms with Crippen LogP contribution >= 0.6 is 15.9 Å². The maximum absolute atomic E-state index is 13.0. The number of halogens is 1. The molecule has 0 bridgehead atoms. The number of ether oxygens (including phenoxy) is 1. The first-order valence-electron chi connectivity index (χ1n) is 9.68. The standard InChI is InChI=1S/C20H33BrN2O3S/c1-6-7-8-11-26-18-12-16(9-10-17(18)21)27(24,25)22-15-13-19(2,3)23-20(4,5)14-15/h9-10,12,15,22-23H,6-8,11,13-14H2,1-5H3. The van der Waals surface area contributed by atoms with Crippen molar-refractivity contribution in [1.29, 1.82) is 0 Å². The van der Waals surface area contributed by atoms with E-state index in [9.17, 15) is 8.42 Å². The van der Waals surface area contributed by atoms with Gasteiger partial charge in [0, 0.05) is 23.2 Å². The lowest BCUT2D eigenvalue weighted by Gasteiger charge is -2.46.